The molecular formula is C18H15ClN4O2S2. The Balaban J connectivity index is 1.62. The van der Waals surface area contributed by atoms with Gasteiger partial charge in [0.05, 0.1) is 6.54 Å². The van der Waals surface area contributed by atoms with Gasteiger partial charge in [-0.2, -0.15) is 0 Å². The smallest absolute Gasteiger partial charge is 0.336 e. The number of nitrogens with zero attached hydrogens (tertiary/aromatic N) is 4. The van der Waals surface area contributed by atoms with Crippen molar-refractivity contribution in [2.24, 2.45) is 0 Å². The number of hydrogen-bond acceptors (Lipinski definition) is 7. The Kier molecular flexibility index (Phi) is 5.29. The van der Waals surface area contributed by atoms with Gasteiger partial charge in [0.2, 0.25) is 5.16 Å². The fourth-order valence-electron chi connectivity index (χ4n) is 2.77. The SMILES string of the molecule is CCc1cc2oc(=O)cc(CSc3nnnn3Cc3cccs3)c2cc1Cl. The standard InChI is InChI=1S/C18H15ClN4O2S2/c1-2-11-6-16-14(8-15(11)19)12(7-17(24)25-16)10-27-18-20-21-22-23(18)9-13-4-3-5-26-13/h3-8H,2,9-10H2,1H3. The number of tetrazole rings is 1. The van der Waals surface area contributed by atoms with Crippen molar-refractivity contribution in [2.45, 2.75) is 30.8 Å². The molecule has 0 aliphatic heterocycles. The molecule has 0 aliphatic carbocycles. The minimum absolute atomic E-state index is 0.374. The Hall–Kier alpha value is -2.16. The molecule has 0 spiro atoms. The summed E-state index contributed by atoms with van der Waals surface area (Å²) < 4.78 is 7.12. The molecule has 4 rings (SSSR count). The largest absolute Gasteiger partial charge is 0.423 e. The second kappa shape index (κ2) is 7.84. The predicted molar refractivity (Wildman–Crippen MR) is 108 cm³/mol. The summed E-state index contributed by atoms with van der Waals surface area (Å²) >= 11 is 9.49. The maximum absolute atomic E-state index is 12.0. The first kappa shape index (κ1) is 18.2. The van der Waals surface area contributed by atoms with E-state index in [0.717, 1.165) is 22.9 Å². The fraction of sp³-hybridized carbons (Fsp3) is 0.222. The molecule has 1 aromatic carbocycles. The molecule has 9 heteroatoms. The van der Waals surface area contributed by atoms with E-state index in [1.165, 1.54) is 22.7 Å². The molecule has 0 radical (unpaired) electrons. The number of fused-ring (bicyclic) bond motifs is 1. The summed E-state index contributed by atoms with van der Waals surface area (Å²) in [7, 11) is 0. The molecule has 138 valence electrons. The van der Waals surface area contributed by atoms with Crippen LogP contribution in [0.3, 0.4) is 0 Å². The van der Waals surface area contributed by atoms with E-state index in [1.807, 2.05) is 36.6 Å². The van der Waals surface area contributed by atoms with Crippen molar-refractivity contribution in [1.82, 2.24) is 20.2 Å². The number of rotatable bonds is 6. The van der Waals surface area contributed by atoms with Gasteiger partial charge in [-0.05, 0) is 51.6 Å². The van der Waals surface area contributed by atoms with Gasteiger partial charge in [0.15, 0.2) is 0 Å². The first-order valence-electron chi connectivity index (χ1n) is 8.30. The summed E-state index contributed by atoms with van der Waals surface area (Å²) in [4.78, 5) is 13.2. The van der Waals surface area contributed by atoms with Gasteiger partial charge in [-0.15, -0.1) is 16.4 Å². The van der Waals surface area contributed by atoms with Gasteiger partial charge in [0.1, 0.15) is 5.58 Å². The van der Waals surface area contributed by atoms with Crippen LogP contribution in [0.25, 0.3) is 11.0 Å². The predicted octanol–water partition coefficient (Wildman–Crippen LogP) is 4.40. The van der Waals surface area contributed by atoms with Crippen LogP contribution in [-0.2, 0) is 18.7 Å². The Labute approximate surface area is 168 Å². The maximum atomic E-state index is 12.0. The Morgan fingerprint density at radius 3 is 2.96 bits per heavy atom. The number of thioether (sulfide) groups is 1. The molecule has 0 atom stereocenters. The number of aryl methyl sites for hydroxylation is 1. The summed E-state index contributed by atoms with van der Waals surface area (Å²) in [6.45, 7) is 2.63. The van der Waals surface area contributed by atoms with E-state index in [-0.39, 0.29) is 5.63 Å². The van der Waals surface area contributed by atoms with E-state index < -0.39 is 0 Å². The lowest BCUT2D eigenvalue weighted by Crippen LogP contribution is -2.04. The molecule has 0 N–H and O–H groups in total. The molecule has 0 bridgehead atoms. The van der Waals surface area contributed by atoms with Crippen molar-refractivity contribution in [3.8, 4) is 0 Å². The Morgan fingerprint density at radius 2 is 2.19 bits per heavy atom. The summed E-state index contributed by atoms with van der Waals surface area (Å²) in [5.74, 6) is 0.536. The van der Waals surface area contributed by atoms with E-state index in [2.05, 4.69) is 15.5 Å². The van der Waals surface area contributed by atoms with E-state index >= 15 is 0 Å². The van der Waals surface area contributed by atoms with Crippen LogP contribution >= 0.6 is 34.7 Å². The van der Waals surface area contributed by atoms with Crippen LogP contribution in [0, 0.1) is 0 Å². The van der Waals surface area contributed by atoms with Crippen LogP contribution in [0.1, 0.15) is 22.9 Å². The maximum Gasteiger partial charge on any atom is 0.336 e. The number of halogens is 1. The van der Waals surface area contributed by atoms with Crippen LogP contribution in [0.5, 0.6) is 0 Å². The second-order valence-electron chi connectivity index (χ2n) is 5.87. The highest BCUT2D eigenvalue weighted by Crippen LogP contribution is 2.29. The van der Waals surface area contributed by atoms with Crippen LogP contribution in [0.2, 0.25) is 5.02 Å². The van der Waals surface area contributed by atoms with E-state index in [4.69, 9.17) is 16.0 Å². The van der Waals surface area contributed by atoms with E-state index in [9.17, 15) is 4.79 Å². The molecule has 0 aliphatic rings. The van der Waals surface area contributed by atoms with Crippen LogP contribution in [-0.4, -0.2) is 20.2 Å². The van der Waals surface area contributed by atoms with Gasteiger partial charge in [-0.3, -0.25) is 0 Å². The van der Waals surface area contributed by atoms with Crippen molar-refractivity contribution >= 4 is 45.7 Å². The Morgan fingerprint density at radius 1 is 1.30 bits per heavy atom. The van der Waals surface area contributed by atoms with Crippen molar-refractivity contribution in [3.05, 3.63) is 67.2 Å². The zero-order chi connectivity index (χ0) is 18.8. The molecule has 0 amide bonds. The fourth-order valence-corrected chi connectivity index (χ4v) is 4.62. The first-order valence-corrected chi connectivity index (χ1v) is 10.5. The normalized spacial score (nSPS) is 11.3. The molecular weight excluding hydrogens is 404 g/mol. The molecule has 0 saturated carbocycles. The summed E-state index contributed by atoms with van der Waals surface area (Å²) in [5, 5.41) is 16.2. The van der Waals surface area contributed by atoms with Gasteiger partial charge in [-0.1, -0.05) is 36.4 Å². The minimum atomic E-state index is -0.374. The summed E-state index contributed by atoms with van der Waals surface area (Å²) in [5.41, 5.74) is 1.98. The van der Waals surface area contributed by atoms with Crippen molar-refractivity contribution in [3.63, 3.8) is 0 Å². The second-order valence-corrected chi connectivity index (χ2v) is 8.25. The molecule has 0 unspecified atom stereocenters. The number of thiophene rings is 1. The van der Waals surface area contributed by atoms with Crippen molar-refractivity contribution in [2.75, 3.05) is 0 Å². The van der Waals surface area contributed by atoms with Gasteiger partial charge in [0.25, 0.3) is 0 Å². The number of aromatic nitrogens is 4. The number of benzene rings is 1. The lowest BCUT2D eigenvalue weighted by molar-refractivity contribution is 0.559. The zero-order valence-corrected chi connectivity index (χ0v) is 16.8. The zero-order valence-electron chi connectivity index (χ0n) is 14.4. The topological polar surface area (TPSA) is 73.8 Å². The quantitative estimate of drug-likeness (QED) is 0.341. The molecule has 6 nitrogen and oxygen atoms in total. The minimum Gasteiger partial charge on any atom is -0.423 e. The lowest BCUT2D eigenvalue weighted by Gasteiger charge is -2.08. The first-order chi connectivity index (χ1) is 13.1. The molecule has 0 saturated heterocycles. The average Bonchev–Trinajstić information content (AvgIpc) is 3.32. The molecule has 3 aromatic heterocycles. The monoisotopic (exact) mass is 418 g/mol. The van der Waals surface area contributed by atoms with Gasteiger partial charge < -0.3 is 4.42 Å². The third-order valence-electron chi connectivity index (χ3n) is 4.12. The third kappa shape index (κ3) is 3.92. The third-order valence-corrected chi connectivity index (χ3v) is 6.34. The van der Waals surface area contributed by atoms with Crippen molar-refractivity contribution < 1.29 is 4.42 Å². The van der Waals surface area contributed by atoms with Gasteiger partial charge >= 0.3 is 5.63 Å². The average molecular weight is 419 g/mol. The number of hydrogen-bond donors (Lipinski definition) is 0. The van der Waals surface area contributed by atoms with Crippen LogP contribution < -0.4 is 5.63 Å². The van der Waals surface area contributed by atoms with E-state index in [0.29, 0.717) is 28.1 Å². The molecule has 0 fully saturated rings. The highest BCUT2D eigenvalue weighted by Gasteiger charge is 2.13. The molecule has 4 aromatic rings. The van der Waals surface area contributed by atoms with E-state index in [1.54, 1.807) is 16.0 Å². The Bertz CT molecular complexity index is 1140. The summed E-state index contributed by atoms with van der Waals surface area (Å²) in [6.07, 6.45) is 0.773. The highest BCUT2D eigenvalue weighted by molar-refractivity contribution is 7.98. The summed E-state index contributed by atoms with van der Waals surface area (Å²) in [6, 6.07) is 9.26. The highest BCUT2D eigenvalue weighted by atomic mass is 35.5. The van der Waals surface area contributed by atoms with Crippen molar-refractivity contribution in [1.29, 1.82) is 0 Å². The lowest BCUT2D eigenvalue weighted by atomic mass is 10.1. The molecule has 3 heterocycles. The van der Waals surface area contributed by atoms with Crippen LogP contribution in [0.15, 0.2) is 50.1 Å². The van der Waals surface area contributed by atoms with Crippen LogP contribution in [0.4, 0.5) is 0 Å². The molecule has 27 heavy (non-hydrogen) atoms. The van der Waals surface area contributed by atoms with Gasteiger partial charge in [0, 0.05) is 27.1 Å². The van der Waals surface area contributed by atoms with Gasteiger partial charge in [-0.25, -0.2) is 9.48 Å².